The molecule has 0 radical (unpaired) electrons. The SMILES string of the molecule is COC(=O)c1ccc(NC(=O)c2cc(Nc3cccc(Cl)c3)ncn2)cc1. The topological polar surface area (TPSA) is 93.2 Å². The smallest absolute Gasteiger partial charge is 0.337 e. The average Bonchev–Trinajstić information content (AvgIpc) is 2.68. The highest BCUT2D eigenvalue weighted by atomic mass is 35.5. The van der Waals surface area contributed by atoms with Gasteiger partial charge in [0.1, 0.15) is 17.8 Å². The fraction of sp³-hybridized carbons (Fsp3) is 0.0526. The van der Waals surface area contributed by atoms with Crippen LogP contribution in [0, 0.1) is 0 Å². The Labute approximate surface area is 160 Å². The van der Waals surface area contributed by atoms with E-state index in [1.54, 1.807) is 42.5 Å². The van der Waals surface area contributed by atoms with Gasteiger partial charge in [0.25, 0.3) is 5.91 Å². The molecule has 136 valence electrons. The number of methoxy groups -OCH3 is 1. The summed E-state index contributed by atoms with van der Waals surface area (Å²) in [5.74, 6) is -0.392. The van der Waals surface area contributed by atoms with Gasteiger partial charge in [-0.05, 0) is 42.5 Å². The Balaban J connectivity index is 1.70. The fourth-order valence-corrected chi connectivity index (χ4v) is 2.46. The Morgan fingerprint density at radius 2 is 1.78 bits per heavy atom. The van der Waals surface area contributed by atoms with Crippen molar-refractivity contribution in [2.45, 2.75) is 0 Å². The van der Waals surface area contributed by atoms with E-state index < -0.39 is 11.9 Å². The molecule has 1 heterocycles. The molecule has 27 heavy (non-hydrogen) atoms. The number of nitrogens with zero attached hydrogens (tertiary/aromatic N) is 2. The van der Waals surface area contributed by atoms with Crippen molar-refractivity contribution in [3.63, 3.8) is 0 Å². The first-order valence-electron chi connectivity index (χ1n) is 7.89. The van der Waals surface area contributed by atoms with Gasteiger partial charge in [-0.1, -0.05) is 17.7 Å². The van der Waals surface area contributed by atoms with E-state index in [0.717, 1.165) is 5.69 Å². The molecule has 0 saturated carbocycles. The summed E-state index contributed by atoms with van der Waals surface area (Å²) in [5.41, 5.74) is 1.85. The average molecular weight is 383 g/mol. The molecule has 0 aliphatic carbocycles. The quantitative estimate of drug-likeness (QED) is 0.650. The highest BCUT2D eigenvalue weighted by molar-refractivity contribution is 6.30. The molecule has 1 aromatic heterocycles. The molecule has 2 N–H and O–H groups in total. The first kappa shape index (κ1) is 18.3. The number of amides is 1. The number of hydrogen-bond donors (Lipinski definition) is 2. The lowest BCUT2D eigenvalue weighted by Crippen LogP contribution is -2.14. The molecule has 3 rings (SSSR count). The van der Waals surface area contributed by atoms with Gasteiger partial charge in [-0.3, -0.25) is 4.79 Å². The van der Waals surface area contributed by atoms with Gasteiger partial charge in [-0.25, -0.2) is 14.8 Å². The summed E-state index contributed by atoms with van der Waals surface area (Å²) in [7, 11) is 1.31. The lowest BCUT2D eigenvalue weighted by atomic mass is 10.2. The molecule has 0 fully saturated rings. The molecule has 0 aliphatic heterocycles. The molecule has 0 bridgehead atoms. The number of ether oxygens (including phenoxy) is 1. The maximum Gasteiger partial charge on any atom is 0.337 e. The third-order valence-corrected chi connectivity index (χ3v) is 3.80. The molecular weight excluding hydrogens is 368 g/mol. The van der Waals surface area contributed by atoms with E-state index in [1.807, 2.05) is 6.07 Å². The third kappa shape index (κ3) is 4.80. The molecule has 0 saturated heterocycles. The van der Waals surface area contributed by atoms with E-state index in [2.05, 4.69) is 25.3 Å². The van der Waals surface area contributed by atoms with Crippen molar-refractivity contribution in [3.05, 3.63) is 77.2 Å². The minimum Gasteiger partial charge on any atom is -0.465 e. The Morgan fingerprint density at radius 1 is 1.00 bits per heavy atom. The highest BCUT2D eigenvalue weighted by Gasteiger charge is 2.11. The minimum absolute atomic E-state index is 0.187. The van der Waals surface area contributed by atoms with Gasteiger partial charge in [0.15, 0.2) is 0 Å². The number of halogens is 1. The van der Waals surface area contributed by atoms with Gasteiger partial charge < -0.3 is 15.4 Å². The van der Waals surface area contributed by atoms with E-state index >= 15 is 0 Å². The number of hydrogen-bond acceptors (Lipinski definition) is 6. The zero-order valence-corrected chi connectivity index (χ0v) is 15.0. The van der Waals surface area contributed by atoms with E-state index in [0.29, 0.717) is 22.1 Å². The molecule has 0 spiro atoms. The number of esters is 1. The number of aromatic nitrogens is 2. The normalized spacial score (nSPS) is 10.1. The van der Waals surface area contributed by atoms with Crippen molar-refractivity contribution in [2.75, 3.05) is 17.7 Å². The standard InChI is InChI=1S/C19H15ClN4O3/c1-27-19(26)12-5-7-14(8-6-12)24-18(25)16-10-17(22-11-21-16)23-15-4-2-3-13(20)9-15/h2-11H,1H3,(H,24,25)(H,21,22,23). The summed E-state index contributed by atoms with van der Waals surface area (Å²) in [4.78, 5) is 31.9. The van der Waals surface area contributed by atoms with Crippen molar-refractivity contribution in [2.24, 2.45) is 0 Å². The van der Waals surface area contributed by atoms with Gasteiger partial charge in [0, 0.05) is 22.5 Å². The van der Waals surface area contributed by atoms with Gasteiger partial charge >= 0.3 is 5.97 Å². The van der Waals surface area contributed by atoms with Crippen LogP contribution in [-0.4, -0.2) is 29.0 Å². The van der Waals surface area contributed by atoms with Gasteiger partial charge in [-0.2, -0.15) is 0 Å². The van der Waals surface area contributed by atoms with Crippen molar-refractivity contribution in [1.29, 1.82) is 0 Å². The zero-order valence-electron chi connectivity index (χ0n) is 14.3. The second-order valence-electron chi connectivity index (χ2n) is 5.45. The van der Waals surface area contributed by atoms with Crippen molar-refractivity contribution < 1.29 is 14.3 Å². The van der Waals surface area contributed by atoms with Crippen LogP contribution in [0.5, 0.6) is 0 Å². The van der Waals surface area contributed by atoms with E-state index in [9.17, 15) is 9.59 Å². The first-order chi connectivity index (χ1) is 13.0. The Morgan fingerprint density at radius 3 is 2.48 bits per heavy atom. The largest absolute Gasteiger partial charge is 0.465 e. The van der Waals surface area contributed by atoms with E-state index in [1.165, 1.54) is 19.5 Å². The van der Waals surface area contributed by atoms with Gasteiger partial charge in [0.05, 0.1) is 12.7 Å². The summed E-state index contributed by atoms with van der Waals surface area (Å²) in [6, 6.07) is 15.0. The number of anilines is 3. The Bertz CT molecular complexity index is 977. The maximum atomic E-state index is 12.4. The Kier molecular flexibility index (Phi) is 5.63. The molecule has 0 aliphatic rings. The molecule has 0 unspecified atom stereocenters. The zero-order chi connectivity index (χ0) is 19.2. The van der Waals surface area contributed by atoms with Crippen LogP contribution in [0.2, 0.25) is 5.02 Å². The van der Waals surface area contributed by atoms with Crippen molar-refractivity contribution in [1.82, 2.24) is 9.97 Å². The van der Waals surface area contributed by atoms with Crippen molar-refractivity contribution in [3.8, 4) is 0 Å². The van der Waals surface area contributed by atoms with E-state index in [4.69, 9.17) is 11.6 Å². The maximum absolute atomic E-state index is 12.4. The lowest BCUT2D eigenvalue weighted by molar-refractivity contribution is 0.0600. The summed E-state index contributed by atoms with van der Waals surface area (Å²) in [6.45, 7) is 0. The van der Waals surface area contributed by atoms with Gasteiger partial charge in [0.2, 0.25) is 0 Å². The molecule has 2 aromatic carbocycles. The van der Waals surface area contributed by atoms with Crippen LogP contribution in [0.3, 0.4) is 0 Å². The van der Waals surface area contributed by atoms with Gasteiger partial charge in [-0.15, -0.1) is 0 Å². The van der Waals surface area contributed by atoms with Crippen LogP contribution >= 0.6 is 11.6 Å². The number of carbonyl (C=O) groups is 2. The summed E-state index contributed by atoms with van der Waals surface area (Å²) < 4.78 is 4.64. The number of benzene rings is 2. The molecular formula is C19H15ClN4O3. The fourth-order valence-electron chi connectivity index (χ4n) is 2.27. The van der Waals surface area contributed by atoms with E-state index in [-0.39, 0.29) is 5.69 Å². The summed E-state index contributed by atoms with van der Waals surface area (Å²) >= 11 is 5.96. The van der Waals surface area contributed by atoms with Crippen LogP contribution in [-0.2, 0) is 4.74 Å². The predicted octanol–water partition coefficient (Wildman–Crippen LogP) is 3.91. The van der Waals surface area contributed by atoms with Crippen LogP contribution < -0.4 is 10.6 Å². The molecule has 8 heteroatoms. The number of rotatable bonds is 5. The van der Waals surface area contributed by atoms with Crippen molar-refractivity contribution >= 4 is 40.7 Å². The molecule has 3 aromatic rings. The summed E-state index contributed by atoms with van der Waals surface area (Å²) in [6.07, 6.45) is 1.29. The lowest BCUT2D eigenvalue weighted by Gasteiger charge is -2.08. The van der Waals surface area contributed by atoms with Crippen LogP contribution in [0.1, 0.15) is 20.8 Å². The number of carbonyl (C=O) groups excluding carboxylic acids is 2. The molecule has 0 atom stereocenters. The van der Waals surface area contributed by atoms with Crippen LogP contribution in [0.4, 0.5) is 17.2 Å². The number of nitrogens with one attached hydrogen (secondary N) is 2. The highest BCUT2D eigenvalue weighted by Crippen LogP contribution is 2.19. The van der Waals surface area contributed by atoms with Crippen LogP contribution in [0.25, 0.3) is 0 Å². The summed E-state index contributed by atoms with van der Waals surface area (Å²) in [5, 5.41) is 6.36. The third-order valence-electron chi connectivity index (χ3n) is 3.56. The first-order valence-corrected chi connectivity index (χ1v) is 8.27. The molecule has 1 amide bonds. The monoisotopic (exact) mass is 382 g/mol. The second-order valence-corrected chi connectivity index (χ2v) is 5.88. The Hall–Kier alpha value is -3.45. The molecule has 7 nitrogen and oxygen atoms in total. The van der Waals surface area contributed by atoms with Crippen LogP contribution in [0.15, 0.2) is 60.9 Å². The predicted molar refractivity (Wildman–Crippen MR) is 103 cm³/mol. The second kappa shape index (κ2) is 8.29. The minimum atomic E-state index is -0.444.